The second-order valence-electron chi connectivity index (χ2n) is 4.23. The van der Waals surface area contributed by atoms with E-state index in [2.05, 4.69) is 0 Å². The predicted molar refractivity (Wildman–Crippen MR) is 60.1 cm³/mol. The molecule has 1 fully saturated rings. The van der Waals surface area contributed by atoms with Crippen molar-refractivity contribution in [1.29, 1.82) is 0 Å². The largest absolute Gasteiger partial charge is 0.294 e. The molecule has 5 nitrogen and oxygen atoms in total. The van der Waals surface area contributed by atoms with E-state index in [0.717, 1.165) is 5.56 Å². The fourth-order valence-corrected chi connectivity index (χ4v) is 2.60. The summed E-state index contributed by atoms with van der Waals surface area (Å²) in [4.78, 5) is 9.51. The fourth-order valence-electron chi connectivity index (χ4n) is 1.89. The molecule has 1 aromatic carbocycles. The van der Waals surface area contributed by atoms with Gasteiger partial charge in [0.1, 0.15) is 0 Å². The average Bonchev–Trinajstić information content (AvgIpc) is 2.68. The van der Waals surface area contributed by atoms with Crippen LogP contribution in [0.4, 0.5) is 0 Å². The molecule has 6 heteroatoms. The highest BCUT2D eigenvalue weighted by atomic mass is 32.2. The van der Waals surface area contributed by atoms with Crippen molar-refractivity contribution in [2.75, 3.05) is 13.2 Å². The normalized spacial score (nSPS) is 17.5. The van der Waals surface area contributed by atoms with Crippen LogP contribution in [0.1, 0.15) is 11.1 Å². The lowest BCUT2D eigenvalue weighted by Gasteiger charge is -2.10. The Kier molecular flexibility index (Phi) is 3.48. The molecular weight excluding hydrogens is 244 g/mol. The van der Waals surface area contributed by atoms with Crippen molar-refractivity contribution in [1.82, 2.24) is 0 Å². The Morgan fingerprint density at radius 1 is 1.35 bits per heavy atom. The van der Waals surface area contributed by atoms with E-state index in [1.807, 2.05) is 6.92 Å². The van der Waals surface area contributed by atoms with Gasteiger partial charge in [0.25, 0.3) is 10.1 Å². The lowest BCUT2D eigenvalue weighted by Crippen LogP contribution is -2.11. The van der Waals surface area contributed by atoms with E-state index >= 15 is 0 Å². The molecule has 0 spiro atoms. The zero-order valence-corrected chi connectivity index (χ0v) is 10.2. The lowest BCUT2D eigenvalue weighted by molar-refractivity contribution is -0.248. The third-order valence-corrected chi connectivity index (χ3v) is 3.65. The first kappa shape index (κ1) is 12.5. The van der Waals surface area contributed by atoms with Crippen LogP contribution in [0.5, 0.6) is 0 Å². The van der Waals surface area contributed by atoms with Crippen LogP contribution < -0.4 is 0 Å². The van der Waals surface area contributed by atoms with Crippen LogP contribution in [0.3, 0.4) is 0 Å². The van der Waals surface area contributed by atoms with Gasteiger partial charge in [-0.05, 0) is 25.0 Å². The predicted octanol–water partition coefficient (Wildman–Crippen LogP) is 1.36. The van der Waals surface area contributed by atoms with Crippen molar-refractivity contribution < 1.29 is 22.7 Å². The van der Waals surface area contributed by atoms with Gasteiger partial charge >= 0.3 is 0 Å². The quantitative estimate of drug-likeness (QED) is 0.654. The fraction of sp³-hybridized carbons (Fsp3) is 0.455. The Hall–Kier alpha value is -0.950. The van der Waals surface area contributed by atoms with Crippen LogP contribution in [-0.4, -0.2) is 26.2 Å². The number of hydrogen-bond acceptors (Lipinski definition) is 4. The molecule has 0 unspecified atom stereocenters. The third kappa shape index (κ3) is 3.04. The number of benzene rings is 1. The highest BCUT2D eigenvalue weighted by Crippen LogP contribution is 2.22. The highest BCUT2D eigenvalue weighted by Gasteiger charge is 2.22. The first-order valence-electron chi connectivity index (χ1n) is 5.28. The van der Waals surface area contributed by atoms with Gasteiger partial charge in [-0.25, -0.2) is 9.78 Å². The SMILES string of the molecule is Cc1ccc(S(=O)(=O)O)c(CC2COOC2)c1. The topological polar surface area (TPSA) is 72.8 Å². The van der Waals surface area contributed by atoms with E-state index in [1.54, 1.807) is 12.1 Å². The Bertz CT molecular complexity index is 503. The molecule has 0 amide bonds. The molecule has 0 aliphatic carbocycles. The van der Waals surface area contributed by atoms with Crippen molar-refractivity contribution in [3.05, 3.63) is 29.3 Å². The second kappa shape index (κ2) is 4.73. The minimum atomic E-state index is -4.17. The Morgan fingerprint density at radius 3 is 2.59 bits per heavy atom. The summed E-state index contributed by atoms with van der Waals surface area (Å²) in [5.41, 5.74) is 1.55. The van der Waals surface area contributed by atoms with Gasteiger partial charge in [0, 0.05) is 5.92 Å². The van der Waals surface area contributed by atoms with Crippen molar-refractivity contribution in [2.45, 2.75) is 18.2 Å². The maximum atomic E-state index is 11.2. The number of hydrogen-bond donors (Lipinski definition) is 1. The van der Waals surface area contributed by atoms with Gasteiger partial charge < -0.3 is 0 Å². The molecule has 2 rings (SSSR count). The lowest BCUT2D eigenvalue weighted by atomic mass is 10.00. The summed E-state index contributed by atoms with van der Waals surface area (Å²) >= 11 is 0. The summed E-state index contributed by atoms with van der Waals surface area (Å²) in [6, 6.07) is 4.85. The average molecular weight is 258 g/mol. The van der Waals surface area contributed by atoms with Gasteiger partial charge in [0.15, 0.2) is 0 Å². The van der Waals surface area contributed by atoms with Crippen LogP contribution in [0.15, 0.2) is 23.1 Å². The molecule has 17 heavy (non-hydrogen) atoms. The summed E-state index contributed by atoms with van der Waals surface area (Å²) < 4.78 is 31.6. The van der Waals surface area contributed by atoms with E-state index in [0.29, 0.717) is 25.2 Å². The molecule has 0 atom stereocenters. The van der Waals surface area contributed by atoms with E-state index in [1.165, 1.54) is 6.07 Å². The van der Waals surface area contributed by atoms with E-state index < -0.39 is 10.1 Å². The van der Waals surface area contributed by atoms with Crippen LogP contribution in [0.2, 0.25) is 0 Å². The van der Waals surface area contributed by atoms with Gasteiger partial charge in [0.05, 0.1) is 18.1 Å². The molecule has 0 radical (unpaired) electrons. The Labute approximate surface area is 100 Å². The molecule has 1 aliphatic heterocycles. The zero-order valence-electron chi connectivity index (χ0n) is 9.42. The van der Waals surface area contributed by atoms with Crippen LogP contribution in [0.25, 0.3) is 0 Å². The number of rotatable bonds is 3. The van der Waals surface area contributed by atoms with Gasteiger partial charge in [-0.15, -0.1) is 0 Å². The minimum Gasteiger partial charge on any atom is -0.282 e. The third-order valence-electron chi connectivity index (χ3n) is 2.69. The van der Waals surface area contributed by atoms with E-state index in [9.17, 15) is 8.42 Å². The van der Waals surface area contributed by atoms with Crippen molar-refractivity contribution in [3.63, 3.8) is 0 Å². The van der Waals surface area contributed by atoms with Crippen molar-refractivity contribution in [2.24, 2.45) is 5.92 Å². The maximum Gasteiger partial charge on any atom is 0.294 e. The van der Waals surface area contributed by atoms with E-state index in [4.69, 9.17) is 14.3 Å². The minimum absolute atomic E-state index is 0.0324. The maximum absolute atomic E-state index is 11.2. The molecule has 0 aromatic heterocycles. The van der Waals surface area contributed by atoms with Gasteiger partial charge in [0.2, 0.25) is 0 Å². The molecule has 1 aliphatic rings. The molecule has 94 valence electrons. The van der Waals surface area contributed by atoms with Crippen molar-refractivity contribution in [3.8, 4) is 0 Å². The molecule has 0 bridgehead atoms. The molecular formula is C11H14O5S. The van der Waals surface area contributed by atoms with Crippen molar-refractivity contribution >= 4 is 10.1 Å². The molecule has 0 saturated carbocycles. The molecule has 1 aromatic rings. The zero-order chi connectivity index (χ0) is 12.5. The van der Waals surface area contributed by atoms with Gasteiger partial charge in [-0.2, -0.15) is 8.42 Å². The summed E-state index contributed by atoms with van der Waals surface area (Å²) in [6.45, 7) is 2.76. The van der Waals surface area contributed by atoms with Crippen LogP contribution in [0, 0.1) is 12.8 Å². The molecule has 1 N–H and O–H groups in total. The summed E-state index contributed by atoms with van der Waals surface area (Å²) in [6.07, 6.45) is 0.511. The summed E-state index contributed by atoms with van der Waals surface area (Å²) in [5, 5.41) is 0. The van der Waals surface area contributed by atoms with Gasteiger partial charge in [-0.1, -0.05) is 17.7 Å². The second-order valence-corrected chi connectivity index (χ2v) is 5.62. The molecule has 1 saturated heterocycles. The highest BCUT2D eigenvalue weighted by molar-refractivity contribution is 7.85. The monoisotopic (exact) mass is 258 g/mol. The molecule has 1 heterocycles. The Morgan fingerprint density at radius 2 is 2.00 bits per heavy atom. The van der Waals surface area contributed by atoms with Gasteiger partial charge in [-0.3, -0.25) is 4.55 Å². The summed E-state index contributed by atoms with van der Waals surface area (Å²) in [5.74, 6) is 0.122. The Balaban J connectivity index is 2.33. The first-order chi connectivity index (χ1) is 7.97. The number of aryl methyl sites for hydroxylation is 1. The van der Waals surface area contributed by atoms with Crippen LogP contribution >= 0.6 is 0 Å². The standard InChI is InChI=1S/C11H14O5S/c1-8-2-3-11(17(12,13)14)10(4-8)5-9-6-15-16-7-9/h2-4,9H,5-7H2,1H3,(H,12,13,14). The smallest absolute Gasteiger partial charge is 0.282 e. The summed E-state index contributed by atoms with van der Waals surface area (Å²) in [7, 11) is -4.17. The van der Waals surface area contributed by atoms with E-state index in [-0.39, 0.29) is 10.8 Å². The first-order valence-corrected chi connectivity index (χ1v) is 6.72. The van der Waals surface area contributed by atoms with Crippen LogP contribution in [-0.2, 0) is 26.3 Å².